The first-order valence-electron chi connectivity index (χ1n) is 15.2. The molecule has 6 aromatic carbocycles. The van der Waals surface area contributed by atoms with Gasteiger partial charge in [0.1, 0.15) is 11.5 Å². The molecule has 0 fully saturated rings. The lowest BCUT2D eigenvalue weighted by molar-refractivity contribution is 0.434. The van der Waals surface area contributed by atoms with Crippen molar-refractivity contribution in [1.82, 2.24) is 9.97 Å². The lowest BCUT2D eigenvalue weighted by atomic mass is 9.63. The lowest BCUT2D eigenvalue weighted by Crippen LogP contribution is -2.34. The maximum Gasteiger partial charge on any atom is 0.187 e. The predicted molar refractivity (Wildman–Crippen MR) is 183 cm³/mol. The van der Waals surface area contributed by atoms with Crippen molar-refractivity contribution in [3.63, 3.8) is 0 Å². The van der Waals surface area contributed by atoms with Gasteiger partial charge in [0.2, 0.25) is 0 Å². The molecule has 8 rings (SSSR count). The standard InChI is InChI=1S/C42H27N3O/c1-43-34-24-21-30(22-25-34)38-28-37(29-13-5-2-6-14-29)44-41(45-38)31-23-26-36-40(27-31)46-39-20-12-11-19-35(39)42(36,32-15-7-3-8-16-32)33-17-9-4-10-18-33/h2-28H. The normalized spacial score (nSPS) is 12.7. The smallest absolute Gasteiger partial charge is 0.187 e. The van der Waals surface area contributed by atoms with Crippen molar-refractivity contribution in [2.75, 3.05) is 0 Å². The zero-order valence-corrected chi connectivity index (χ0v) is 24.8. The molecular weight excluding hydrogens is 562 g/mol. The molecule has 0 N–H and O–H groups in total. The van der Waals surface area contributed by atoms with Gasteiger partial charge in [-0.05, 0) is 34.9 Å². The minimum Gasteiger partial charge on any atom is -0.457 e. The Morgan fingerprint density at radius 1 is 0.478 bits per heavy atom. The Bertz CT molecular complexity index is 2180. The van der Waals surface area contributed by atoms with Crippen LogP contribution in [-0.2, 0) is 5.41 Å². The average molecular weight is 590 g/mol. The van der Waals surface area contributed by atoms with Gasteiger partial charge >= 0.3 is 0 Å². The molecule has 0 bridgehead atoms. The summed E-state index contributed by atoms with van der Waals surface area (Å²) >= 11 is 0. The van der Waals surface area contributed by atoms with E-state index in [9.17, 15) is 0 Å². The van der Waals surface area contributed by atoms with E-state index in [0.717, 1.165) is 50.7 Å². The third-order valence-corrected chi connectivity index (χ3v) is 8.66. The van der Waals surface area contributed by atoms with Crippen LogP contribution in [0.5, 0.6) is 11.5 Å². The second-order valence-corrected chi connectivity index (χ2v) is 11.3. The van der Waals surface area contributed by atoms with Crippen LogP contribution >= 0.6 is 0 Å². The molecule has 0 amide bonds. The highest BCUT2D eigenvalue weighted by molar-refractivity contribution is 5.75. The fourth-order valence-electron chi connectivity index (χ4n) is 6.54. The Labute approximate surface area is 268 Å². The van der Waals surface area contributed by atoms with Gasteiger partial charge in [0.15, 0.2) is 11.5 Å². The minimum atomic E-state index is -0.590. The van der Waals surface area contributed by atoms with Crippen molar-refractivity contribution >= 4 is 5.69 Å². The first kappa shape index (κ1) is 27.3. The van der Waals surface area contributed by atoms with Crippen LogP contribution in [0.15, 0.2) is 164 Å². The summed E-state index contributed by atoms with van der Waals surface area (Å²) in [4.78, 5) is 13.7. The molecule has 216 valence electrons. The molecule has 46 heavy (non-hydrogen) atoms. The number of aromatic nitrogens is 2. The Balaban J connectivity index is 1.35. The van der Waals surface area contributed by atoms with Crippen LogP contribution in [-0.4, -0.2) is 9.97 Å². The number of hydrogen-bond acceptors (Lipinski definition) is 3. The quantitative estimate of drug-likeness (QED) is 0.188. The van der Waals surface area contributed by atoms with Gasteiger partial charge in [-0.3, -0.25) is 0 Å². The van der Waals surface area contributed by atoms with E-state index < -0.39 is 5.41 Å². The monoisotopic (exact) mass is 589 g/mol. The Hall–Kier alpha value is -6.31. The summed E-state index contributed by atoms with van der Waals surface area (Å²) in [6, 6.07) is 55.6. The molecule has 4 heteroatoms. The summed E-state index contributed by atoms with van der Waals surface area (Å²) in [5.41, 5.74) is 8.86. The summed E-state index contributed by atoms with van der Waals surface area (Å²) in [6.07, 6.45) is 0. The summed E-state index contributed by atoms with van der Waals surface area (Å²) in [5, 5.41) is 0. The van der Waals surface area contributed by atoms with Crippen LogP contribution in [0.3, 0.4) is 0 Å². The Kier molecular flexibility index (Phi) is 6.70. The van der Waals surface area contributed by atoms with Crippen molar-refractivity contribution in [1.29, 1.82) is 0 Å². The molecule has 1 aliphatic rings. The average Bonchev–Trinajstić information content (AvgIpc) is 3.14. The van der Waals surface area contributed by atoms with Crippen LogP contribution in [0, 0.1) is 6.57 Å². The van der Waals surface area contributed by atoms with Gasteiger partial charge in [0.25, 0.3) is 0 Å². The number of nitrogens with zero attached hydrogens (tertiary/aromatic N) is 3. The molecule has 0 spiro atoms. The number of ether oxygens (including phenoxy) is 1. The lowest BCUT2D eigenvalue weighted by Gasteiger charge is -2.41. The third-order valence-electron chi connectivity index (χ3n) is 8.66. The summed E-state index contributed by atoms with van der Waals surface area (Å²) < 4.78 is 6.71. The largest absolute Gasteiger partial charge is 0.457 e. The van der Waals surface area contributed by atoms with Crippen molar-refractivity contribution in [2.24, 2.45) is 0 Å². The van der Waals surface area contributed by atoms with Gasteiger partial charge in [-0.15, -0.1) is 0 Å². The van der Waals surface area contributed by atoms with Gasteiger partial charge < -0.3 is 4.74 Å². The predicted octanol–water partition coefficient (Wildman–Crippen LogP) is 10.5. The first-order valence-corrected chi connectivity index (χ1v) is 15.2. The zero-order chi connectivity index (χ0) is 30.9. The van der Waals surface area contributed by atoms with E-state index in [1.54, 1.807) is 0 Å². The topological polar surface area (TPSA) is 39.4 Å². The van der Waals surface area contributed by atoms with Gasteiger partial charge in [0.05, 0.1) is 23.4 Å². The van der Waals surface area contributed by atoms with Crippen LogP contribution in [0.1, 0.15) is 22.3 Å². The van der Waals surface area contributed by atoms with E-state index in [-0.39, 0.29) is 0 Å². The van der Waals surface area contributed by atoms with Gasteiger partial charge in [-0.1, -0.05) is 146 Å². The fourth-order valence-corrected chi connectivity index (χ4v) is 6.54. The number of rotatable bonds is 5. The third kappa shape index (κ3) is 4.54. The van der Waals surface area contributed by atoms with Gasteiger partial charge in [-0.2, -0.15) is 0 Å². The summed E-state index contributed by atoms with van der Waals surface area (Å²) in [6.45, 7) is 7.36. The molecule has 7 aromatic rings. The SMILES string of the molecule is [C-]#[N+]c1ccc(-c2cc(-c3ccccc3)nc(-c3ccc4c(c3)Oc3ccccc3C4(c3ccccc3)c3ccccc3)n2)cc1. The highest BCUT2D eigenvalue weighted by atomic mass is 16.5. The number of hydrogen-bond donors (Lipinski definition) is 0. The van der Waals surface area contributed by atoms with Crippen molar-refractivity contribution in [2.45, 2.75) is 5.41 Å². The maximum absolute atomic E-state index is 7.36. The number of benzene rings is 6. The Morgan fingerprint density at radius 2 is 1.00 bits per heavy atom. The molecule has 1 aromatic heterocycles. The first-order chi connectivity index (χ1) is 22.7. The second-order valence-electron chi connectivity index (χ2n) is 11.3. The van der Waals surface area contributed by atoms with Crippen LogP contribution in [0.4, 0.5) is 5.69 Å². The zero-order valence-electron chi connectivity index (χ0n) is 24.8. The van der Waals surface area contributed by atoms with Crippen LogP contribution < -0.4 is 4.74 Å². The molecule has 0 unspecified atom stereocenters. The molecule has 0 aliphatic carbocycles. The maximum atomic E-state index is 7.36. The van der Waals surface area contributed by atoms with Crippen molar-refractivity contribution < 1.29 is 4.74 Å². The summed E-state index contributed by atoms with van der Waals surface area (Å²) in [5.74, 6) is 2.18. The molecule has 4 nitrogen and oxygen atoms in total. The van der Waals surface area contributed by atoms with E-state index in [1.807, 2.05) is 60.7 Å². The van der Waals surface area contributed by atoms with Crippen LogP contribution in [0.25, 0.3) is 38.7 Å². The highest BCUT2D eigenvalue weighted by Crippen LogP contribution is 2.55. The minimum absolute atomic E-state index is 0.590. The molecular formula is C42H27N3O. The molecule has 2 heterocycles. The molecule has 1 aliphatic heterocycles. The van der Waals surface area contributed by atoms with E-state index in [1.165, 1.54) is 11.1 Å². The second kappa shape index (κ2) is 11.3. The number of fused-ring (bicyclic) bond motifs is 2. The van der Waals surface area contributed by atoms with Gasteiger partial charge in [-0.25, -0.2) is 14.8 Å². The van der Waals surface area contributed by atoms with Gasteiger partial charge in [0, 0.05) is 22.3 Å². The van der Waals surface area contributed by atoms with E-state index in [0.29, 0.717) is 11.5 Å². The molecule has 0 saturated heterocycles. The molecule has 0 atom stereocenters. The van der Waals surface area contributed by atoms with E-state index >= 15 is 0 Å². The molecule has 0 saturated carbocycles. The highest BCUT2D eigenvalue weighted by Gasteiger charge is 2.45. The van der Waals surface area contributed by atoms with E-state index in [4.69, 9.17) is 21.3 Å². The van der Waals surface area contributed by atoms with E-state index in [2.05, 4.69) is 108 Å². The number of para-hydroxylation sites is 1. The van der Waals surface area contributed by atoms with Crippen molar-refractivity contribution in [3.05, 3.63) is 197 Å². The molecule has 0 radical (unpaired) electrons. The van der Waals surface area contributed by atoms with Crippen LogP contribution in [0.2, 0.25) is 0 Å². The summed E-state index contributed by atoms with van der Waals surface area (Å²) in [7, 11) is 0. The van der Waals surface area contributed by atoms with Crippen molar-refractivity contribution in [3.8, 4) is 45.4 Å². The fraction of sp³-hybridized carbons (Fsp3) is 0.0238. The Morgan fingerprint density at radius 3 is 1.63 bits per heavy atom.